The molecule has 0 aromatic heterocycles. The Kier molecular flexibility index (Phi) is 5.61. The smallest absolute Gasteiger partial charge is 0.142 e. The maximum absolute atomic E-state index is 13.5. The zero-order valence-corrected chi connectivity index (χ0v) is 12.2. The van der Waals surface area contributed by atoms with E-state index >= 15 is 0 Å². The van der Waals surface area contributed by atoms with Gasteiger partial charge in [0.25, 0.3) is 0 Å². The molecule has 0 aliphatic carbocycles. The summed E-state index contributed by atoms with van der Waals surface area (Å²) in [6.07, 6.45) is 3.48. The van der Waals surface area contributed by atoms with Gasteiger partial charge in [0.05, 0.1) is 5.02 Å². The third-order valence-corrected chi connectivity index (χ3v) is 4.01. The van der Waals surface area contributed by atoms with Crippen LogP contribution in [0.15, 0.2) is 18.2 Å². The average Bonchev–Trinajstić information content (AvgIpc) is 2.43. The summed E-state index contributed by atoms with van der Waals surface area (Å²) in [4.78, 5) is 2.48. The standard InChI is InChI=1S/C15H22ClFN2/c1-2-9-19(13-5-7-18-8-6-13)11-12-3-4-14(16)15(17)10-12/h3-4,10,13,18H,2,5-9,11H2,1H3. The van der Waals surface area contributed by atoms with Crippen molar-refractivity contribution in [2.45, 2.75) is 38.8 Å². The van der Waals surface area contributed by atoms with Crippen LogP contribution in [0.5, 0.6) is 0 Å². The molecule has 1 aliphatic rings. The van der Waals surface area contributed by atoms with Crippen LogP contribution in [0.2, 0.25) is 5.02 Å². The highest BCUT2D eigenvalue weighted by molar-refractivity contribution is 6.30. The third kappa shape index (κ3) is 4.16. The monoisotopic (exact) mass is 284 g/mol. The summed E-state index contributed by atoms with van der Waals surface area (Å²) >= 11 is 5.73. The summed E-state index contributed by atoms with van der Waals surface area (Å²) in [6.45, 7) is 6.23. The van der Waals surface area contributed by atoms with Gasteiger partial charge in [0.1, 0.15) is 5.82 Å². The molecule has 19 heavy (non-hydrogen) atoms. The second-order valence-corrected chi connectivity index (χ2v) is 5.61. The van der Waals surface area contributed by atoms with Gasteiger partial charge < -0.3 is 5.32 Å². The van der Waals surface area contributed by atoms with Gasteiger partial charge in [-0.1, -0.05) is 24.6 Å². The molecule has 2 rings (SSSR count). The van der Waals surface area contributed by atoms with E-state index in [0.717, 1.165) is 38.2 Å². The summed E-state index contributed by atoms with van der Waals surface area (Å²) in [6, 6.07) is 5.75. The van der Waals surface area contributed by atoms with E-state index in [1.165, 1.54) is 12.8 Å². The topological polar surface area (TPSA) is 15.3 Å². The first-order valence-corrected chi connectivity index (χ1v) is 7.47. The average molecular weight is 285 g/mol. The minimum absolute atomic E-state index is 0.202. The molecule has 0 bridgehead atoms. The van der Waals surface area contributed by atoms with Crippen LogP contribution in [0, 0.1) is 5.82 Å². The Bertz CT molecular complexity index is 405. The van der Waals surface area contributed by atoms with Gasteiger partial charge >= 0.3 is 0 Å². The van der Waals surface area contributed by atoms with E-state index in [9.17, 15) is 4.39 Å². The fourth-order valence-electron chi connectivity index (χ4n) is 2.72. The molecule has 106 valence electrons. The van der Waals surface area contributed by atoms with Crippen LogP contribution in [-0.2, 0) is 6.54 Å². The van der Waals surface area contributed by atoms with Gasteiger partial charge in [0, 0.05) is 12.6 Å². The van der Waals surface area contributed by atoms with E-state index in [0.29, 0.717) is 6.04 Å². The van der Waals surface area contributed by atoms with Gasteiger partial charge in [0.2, 0.25) is 0 Å². The van der Waals surface area contributed by atoms with Crippen LogP contribution in [0.1, 0.15) is 31.7 Å². The van der Waals surface area contributed by atoms with Crippen LogP contribution in [-0.4, -0.2) is 30.6 Å². The highest BCUT2D eigenvalue weighted by atomic mass is 35.5. The van der Waals surface area contributed by atoms with E-state index in [1.807, 2.05) is 6.07 Å². The lowest BCUT2D eigenvalue weighted by Gasteiger charge is -2.34. The maximum Gasteiger partial charge on any atom is 0.142 e. The van der Waals surface area contributed by atoms with E-state index in [-0.39, 0.29) is 10.8 Å². The third-order valence-electron chi connectivity index (χ3n) is 3.71. The number of hydrogen-bond donors (Lipinski definition) is 1. The summed E-state index contributed by atoms with van der Waals surface area (Å²) in [7, 11) is 0. The highest BCUT2D eigenvalue weighted by Gasteiger charge is 2.20. The van der Waals surface area contributed by atoms with Crippen LogP contribution < -0.4 is 5.32 Å². The molecule has 1 aliphatic heterocycles. The molecule has 2 nitrogen and oxygen atoms in total. The molecule has 0 radical (unpaired) electrons. The molecular formula is C15H22ClFN2. The van der Waals surface area contributed by atoms with Gasteiger partial charge in [-0.25, -0.2) is 4.39 Å². The predicted molar refractivity (Wildman–Crippen MR) is 78.0 cm³/mol. The van der Waals surface area contributed by atoms with E-state index < -0.39 is 0 Å². The van der Waals surface area contributed by atoms with Gasteiger partial charge in [-0.05, 0) is 56.6 Å². The van der Waals surface area contributed by atoms with Crippen molar-refractivity contribution in [2.75, 3.05) is 19.6 Å². The van der Waals surface area contributed by atoms with Crippen molar-refractivity contribution < 1.29 is 4.39 Å². The van der Waals surface area contributed by atoms with E-state index in [4.69, 9.17) is 11.6 Å². The van der Waals surface area contributed by atoms with Gasteiger partial charge in [-0.3, -0.25) is 4.90 Å². The summed E-state index contributed by atoms with van der Waals surface area (Å²) in [5, 5.41) is 3.59. The second kappa shape index (κ2) is 7.22. The second-order valence-electron chi connectivity index (χ2n) is 5.20. The molecule has 1 heterocycles. The van der Waals surface area contributed by atoms with Crippen molar-refractivity contribution in [3.63, 3.8) is 0 Å². The molecule has 1 aromatic rings. The number of rotatable bonds is 5. The predicted octanol–water partition coefficient (Wildman–Crippen LogP) is 3.44. The fraction of sp³-hybridized carbons (Fsp3) is 0.600. The minimum Gasteiger partial charge on any atom is -0.317 e. The Morgan fingerprint density at radius 3 is 2.74 bits per heavy atom. The first-order valence-electron chi connectivity index (χ1n) is 7.09. The molecule has 0 saturated carbocycles. The molecule has 0 amide bonds. The van der Waals surface area contributed by atoms with Gasteiger partial charge in [-0.15, -0.1) is 0 Å². The Morgan fingerprint density at radius 2 is 2.11 bits per heavy atom. The number of halogens is 2. The molecule has 0 spiro atoms. The number of nitrogens with zero attached hydrogens (tertiary/aromatic N) is 1. The van der Waals surface area contributed by atoms with Crippen LogP contribution >= 0.6 is 11.6 Å². The summed E-state index contributed by atoms with van der Waals surface area (Å²) in [5.41, 5.74) is 1.01. The first-order chi connectivity index (χ1) is 9.20. The summed E-state index contributed by atoms with van der Waals surface area (Å²) < 4.78 is 13.5. The minimum atomic E-state index is -0.319. The molecule has 1 fully saturated rings. The quantitative estimate of drug-likeness (QED) is 0.891. The summed E-state index contributed by atoms with van der Waals surface area (Å²) in [5.74, 6) is -0.319. The van der Waals surface area contributed by atoms with Crippen molar-refractivity contribution in [2.24, 2.45) is 0 Å². The zero-order valence-electron chi connectivity index (χ0n) is 11.5. The normalized spacial score (nSPS) is 17.1. The molecule has 0 atom stereocenters. The molecule has 0 unspecified atom stereocenters. The molecule has 4 heteroatoms. The fourth-order valence-corrected chi connectivity index (χ4v) is 2.84. The van der Waals surface area contributed by atoms with Crippen LogP contribution in [0.4, 0.5) is 4.39 Å². The van der Waals surface area contributed by atoms with Crippen molar-refractivity contribution in [3.8, 4) is 0 Å². The van der Waals surface area contributed by atoms with Gasteiger partial charge in [-0.2, -0.15) is 0 Å². The van der Waals surface area contributed by atoms with E-state index in [1.54, 1.807) is 12.1 Å². The molecular weight excluding hydrogens is 263 g/mol. The lowest BCUT2D eigenvalue weighted by molar-refractivity contribution is 0.154. The van der Waals surface area contributed by atoms with Crippen molar-refractivity contribution in [1.29, 1.82) is 0 Å². The number of piperidine rings is 1. The van der Waals surface area contributed by atoms with Crippen LogP contribution in [0.3, 0.4) is 0 Å². The maximum atomic E-state index is 13.5. The lowest BCUT2D eigenvalue weighted by atomic mass is 10.0. The van der Waals surface area contributed by atoms with E-state index in [2.05, 4.69) is 17.1 Å². The van der Waals surface area contributed by atoms with Crippen molar-refractivity contribution in [3.05, 3.63) is 34.6 Å². The number of nitrogens with one attached hydrogen (secondary N) is 1. The molecule has 1 saturated heterocycles. The van der Waals surface area contributed by atoms with Crippen molar-refractivity contribution >= 4 is 11.6 Å². The zero-order chi connectivity index (χ0) is 13.7. The number of hydrogen-bond acceptors (Lipinski definition) is 2. The highest BCUT2D eigenvalue weighted by Crippen LogP contribution is 2.20. The van der Waals surface area contributed by atoms with Gasteiger partial charge in [0.15, 0.2) is 0 Å². The number of benzene rings is 1. The Hall–Kier alpha value is -0.640. The van der Waals surface area contributed by atoms with Crippen LogP contribution in [0.25, 0.3) is 0 Å². The Balaban J connectivity index is 2.04. The molecule has 1 aromatic carbocycles. The molecule has 1 N–H and O–H groups in total. The Labute approximate surface area is 119 Å². The SMILES string of the molecule is CCCN(Cc1ccc(Cl)c(F)c1)C1CCNCC1. The van der Waals surface area contributed by atoms with Crippen molar-refractivity contribution in [1.82, 2.24) is 10.2 Å². The Morgan fingerprint density at radius 1 is 1.37 bits per heavy atom. The lowest BCUT2D eigenvalue weighted by Crippen LogP contribution is -2.43. The first kappa shape index (κ1) is 14.8. The largest absolute Gasteiger partial charge is 0.317 e.